The van der Waals surface area contributed by atoms with Gasteiger partial charge in [-0.3, -0.25) is 4.79 Å². The number of thiazole rings is 1. The summed E-state index contributed by atoms with van der Waals surface area (Å²) in [6.45, 7) is 2.69. The van der Waals surface area contributed by atoms with Gasteiger partial charge in [-0.2, -0.15) is 0 Å². The normalized spacial score (nSPS) is 14.4. The first-order valence-corrected chi connectivity index (χ1v) is 9.57. The van der Waals surface area contributed by atoms with Crippen LogP contribution < -0.4 is 4.90 Å². The van der Waals surface area contributed by atoms with E-state index in [1.165, 1.54) is 23.5 Å². The van der Waals surface area contributed by atoms with E-state index < -0.39 is 0 Å². The van der Waals surface area contributed by atoms with Crippen LogP contribution in [0.4, 0.5) is 10.3 Å². The van der Waals surface area contributed by atoms with Crippen molar-refractivity contribution in [3.63, 3.8) is 0 Å². The van der Waals surface area contributed by atoms with E-state index in [0.29, 0.717) is 32.1 Å². The molecule has 0 atom stereocenters. The number of carbonyl (C=O) groups is 1. The number of halogens is 1. The van der Waals surface area contributed by atoms with Crippen LogP contribution in [0.25, 0.3) is 10.6 Å². The zero-order valence-electron chi connectivity index (χ0n) is 14.6. The number of rotatable bonds is 4. The Balaban J connectivity index is 1.35. The number of nitrogens with zero attached hydrogens (tertiary/aromatic N) is 5. The van der Waals surface area contributed by atoms with E-state index in [2.05, 4.69) is 19.9 Å². The van der Waals surface area contributed by atoms with Gasteiger partial charge in [0.2, 0.25) is 11.9 Å². The third-order valence-electron chi connectivity index (χ3n) is 4.42. The highest BCUT2D eigenvalue weighted by molar-refractivity contribution is 7.13. The molecule has 0 unspecified atom stereocenters. The molecule has 6 nitrogen and oxygen atoms in total. The maximum atomic E-state index is 13.4. The number of amides is 1. The Morgan fingerprint density at radius 2 is 1.89 bits per heavy atom. The minimum absolute atomic E-state index is 0.0553. The van der Waals surface area contributed by atoms with E-state index in [9.17, 15) is 9.18 Å². The van der Waals surface area contributed by atoms with E-state index >= 15 is 0 Å². The Labute approximate surface area is 160 Å². The van der Waals surface area contributed by atoms with Crippen LogP contribution in [0, 0.1) is 5.82 Å². The van der Waals surface area contributed by atoms with Gasteiger partial charge in [-0.05, 0) is 18.2 Å². The topological polar surface area (TPSA) is 62.2 Å². The monoisotopic (exact) mass is 383 g/mol. The fraction of sp³-hybridized carbons (Fsp3) is 0.263. The Morgan fingerprint density at radius 1 is 1.11 bits per heavy atom. The predicted molar refractivity (Wildman–Crippen MR) is 102 cm³/mol. The third-order valence-corrected chi connectivity index (χ3v) is 5.36. The number of benzene rings is 1. The molecule has 8 heteroatoms. The summed E-state index contributed by atoms with van der Waals surface area (Å²) in [4.78, 5) is 29.5. The van der Waals surface area contributed by atoms with Gasteiger partial charge in [-0.15, -0.1) is 11.3 Å². The first-order chi connectivity index (χ1) is 13.2. The van der Waals surface area contributed by atoms with E-state index in [-0.39, 0.29) is 18.1 Å². The molecule has 1 amide bonds. The molecule has 0 saturated carbocycles. The molecule has 3 aromatic rings. The first kappa shape index (κ1) is 17.5. The van der Waals surface area contributed by atoms with Crippen LogP contribution in [-0.4, -0.2) is 51.9 Å². The summed E-state index contributed by atoms with van der Waals surface area (Å²) in [6, 6.07) is 8.12. The van der Waals surface area contributed by atoms with Gasteiger partial charge in [-0.1, -0.05) is 12.1 Å². The van der Waals surface area contributed by atoms with Gasteiger partial charge in [0, 0.05) is 49.5 Å². The van der Waals surface area contributed by atoms with Crippen molar-refractivity contribution in [3.05, 3.63) is 59.6 Å². The van der Waals surface area contributed by atoms with Crippen molar-refractivity contribution in [3.8, 4) is 10.6 Å². The molecule has 1 fully saturated rings. The summed E-state index contributed by atoms with van der Waals surface area (Å²) in [7, 11) is 0. The second kappa shape index (κ2) is 7.79. The second-order valence-electron chi connectivity index (χ2n) is 6.25. The van der Waals surface area contributed by atoms with Gasteiger partial charge in [0.25, 0.3) is 0 Å². The summed E-state index contributed by atoms with van der Waals surface area (Å²) in [5.74, 6) is 0.462. The Morgan fingerprint density at radius 3 is 2.63 bits per heavy atom. The van der Waals surface area contributed by atoms with Gasteiger partial charge in [0.15, 0.2) is 0 Å². The average molecular weight is 383 g/mol. The molecule has 4 rings (SSSR count). The molecule has 3 heterocycles. The number of hydrogen-bond donors (Lipinski definition) is 0. The average Bonchev–Trinajstić information content (AvgIpc) is 3.17. The second-order valence-corrected chi connectivity index (χ2v) is 7.11. The summed E-state index contributed by atoms with van der Waals surface area (Å²) < 4.78 is 13.4. The van der Waals surface area contributed by atoms with Gasteiger partial charge < -0.3 is 9.80 Å². The van der Waals surface area contributed by atoms with Crippen LogP contribution in [0.1, 0.15) is 5.69 Å². The van der Waals surface area contributed by atoms with Crippen molar-refractivity contribution in [2.24, 2.45) is 0 Å². The molecular formula is C19H18FN5OS. The third kappa shape index (κ3) is 4.11. The lowest BCUT2D eigenvalue weighted by molar-refractivity contribution is -0.130. The zero-order valence-corrected chi connectivity index (χ0v) is 15.4. The quantitative estimate of drug-likeness (QED) is 0.693. The van der Waals surface area contributed by atoms with Crippen LogP contribution in [-0.2, 0) is 11.2 Å². The van der Waals surface area contributed by atoms with Crippen molar-refractivity contribution in [2.45, 2.75) is 6.42 Å². The molecule has 1 aliphatic rings. The molecule has 1 aromatic carbocycles. The highest BCUT2D eigenvalue weighted by Gasteiger charge is 2.23. The molecule has 0 bridgehead atoms. The molecule has 2 aromatic heterocycles. The SMILES string of the molecule is O=C(Cc1csc(-c2cccc(F)c2)n1)N1CCN(c2ncccn2)CC1. The summed E-state index contributed by atoms with van der Waals surface area (Å²) in [5.41, 5.74) is 1.45. The molecule has 0 spiro atoms. The van der Waals surface area contributed by atoms with Crippen LogP contribution in [0.5, 0.6) is 0 Å². The minimum atomic E-state index is -0.291. The summed E-state index contributed by atoms with van der Waals surface area (Å²) in [5, 5.41) is 2.59. The molecule has 0 radical (unpaired) electrons. The fourth-order valence-electron chi connectivity index (χ4n) is 3.02. The van der Waals surface area contributed by atoms with Crippen LogP contribution in [0.3, 0.4) is 0 Å². The maximum Gasteiger partial charge on any atom is 0.228 e. The van der Waals surface area contributed by atoms with E-state index in [1.807, 2.05) is 16.3 Å². The van der Waals surface area contributed by atoms with Crippen molar-refractivity contribution in [2.75, 3.05) is 31.1 Å². The molecule has 1 saturated heterocycles. The summed E-state index contributed by atoms with van der Waals surface area (Å²) >= 11 is 1.42. The molecule has 138 valence electrons. The first-order valence-electron chi connectivity index (χ1n) is 8.69. The smallest absolute Gasteiger partial charge is 0.228 e. The molecule has 0 N–H and O–H groups in total. The molecule has 0 aliphatic carbocycles. The lowest BCUT2D eigenvalue weighted by Gasteiger charge is -2.34. The standard InChI is InChI=1S/C19H18FN5OS/c20-15-4-1-3-14(11-15)18-23-16(13-27-18)12-17(26)24-7-9-25(10-8-24)19-21-5-2-6-22-19/h1-6,11,13H,7-10,12H2. The van der Waals surface area contributed by atoms with E-state index in [0.717, 1.165) is 16.3 Å². The van der Waals surface area contributed by atoms with Crippen molar-refractivity contribution >= 4 is 23.2 Å². The largest absolute Gasteiger partial charge is 0.339 e. The molecule has 27 heavy (non-hydrogen) atoms. The van der Waals surface area contributed by atoms with E-state index in [1.54, 1.807) is 24.5 Å². The predicted octanol–water partition coefficient (Wildman–Crippen LogP) is 2.63. The van der Waals surface area contributed by atoms with Crippen LogP contribution in [0.15, 0.2) is 48.1 Å². The lowest BCUT2D eigenvalue weighted by Crippen LogP contribution is -2.49. The Kier molecular flexibility index (Phi) is 5.06. The van der Waals surface area contributed by atoms with Gasteiger partial charge >= 0.3 is 0 Å². The van der Waals surface area contributed by atoms with Crippen molar-refractivity contribution in [1.82, 2.24) is 19.9 Å². The van der Waals surface area contributed by atoms with Gasteiger partial charge in [-0.25, -0.2) is 19.3 Å². The van der Waals surface area contributed by atoms with Crippen LogP contribution >= 0.6 is 11.3 Å². The van der Waals surface area contributed by atoms with Crippen LogP contribution in [0.2, 0.25) is 0 Å². The Hall–Kier alpha value is -2.87. The van der Waals surface area contributed by atoms with E-state index in [4.69, 9.17) is 0 Å². The molecule has 1 aliphatic heterocycles. The number of carbonyl (C=O) groups excluding carboxylic acids is 1. The highest BCUT2D eigenvalue weighted by Crippen LogP contribution is 2.24. The minimum Gasteiger partial charge on any atom is -0.339 e. The lowest BCUT2D eigenvalue weighted by atomic mass is 10.2. The molecular weight excluding hydrogens is 365 g/mol. The number of piperazine rings is 1. The van der Waals surface area contributed by atoms with Gasteiger partial charge in [0.05, 0.1) is 12.1 Å². The van der Waals surface area contributed by atoms with Crippen molar-refractivity contribution < 1.29 is 9.18 Å². The highest BCUT2D eigenvalue weighted by atomic mass is 32.1. The number of hydrogen-bond acceptors (Lipinski definition) is 6. The van der Waals surface area contributed by atoms with Crippen molar-refractivity contribution in [1.29, 1.82) is 0 Å². The van der Waals surface area contributed by atoms with Gasteiger partial charge in [0.1, 0.15) is 10.8 Å². The fourth-order valence-corrected chi connectivity index (χ4v) is 3.84. The number of anilines is 1. The summed E-state index contributed by atoms with van der Waals surface area (Å²) in [6.07, 6.45) is 3.70. The Bertz CT molecular complexity index is 925. The number of aromatic nitrogens is 3. The maximum absolute atomic E-state index is 13.4. The zero-order chi connectivity index (χ0) is 18.6.